The van der Waals surface area contributed by atoms with E-state index in [1.165, 1.54) is 0 Å². The third-order valence-electron chi connectivity index (χ3n) is 1.62. The lowest BCUT2D eigenvalue weighted by molar-refractivity contribution is 1.17. The van der Waals surface area contributed by atoms with E-state index < -0.39 is 0 Å². The first-order chi connectivity index (χ1) is 5.77. The van der Waals surface area contributed by atoms with Crippen molar-refractivity contribution < 1.29 is 0 Å². The number of aromatic nitrogens is 1. The summed E-state index contributed by atoms with van der Waals surface area (Å²) >= 11 is 1.54. The first-order valence-corrected chi connectivity index (χ1v) is 4.60. The molecule has 0 radical (unpaired) electrons. The van der Waals surface area contributed by atoms with E-state index in [1.54, 1.807) is 11.3 Å². The second-order valence-electron chi connectivity index (χ2n) is 2.43. The predicted octanol–water partition coefficient (Wildman–Crippen LogP) is 2.63. The molecule has 0 bridgehead atoms. The van der Waals surface area contributed by atoms with Gasteiger partial charge in [0.1, 0.15) is 5.01 Å². The van der Waals surface area contributed by atoms with Gasteiger partial charge in [-0.15, -0.1) is 11.3 Å². The number of hydrogen-bond donors (Lipinski definition) is 0. The molecule has 0 aliphatic carbocycles. The summed E-state index contributed by atoms with van der Waals surface area (Å²) in [6.07, 6.45) is 2.44. The van der Waals surface area contributed by atoms with Gasteiger partial charge in [-0.2, -0.15) is 5.26 Å². The first kappa shape index (κ1) is 8.95. The monoisotopic (exact) mass is 178 g/mol. The van der Waals surface area contributed by atoms with Crippen LogP contribution < -0.4 is 0 Å². The SMILES string of the molecule is C/C=C(\C)c1csc(CC#N)n1. The lowest BCUT2D eigenvalue weighted by Gasteiger charge is -1.90. The van der Waals surface area contributed by atoms with Gasteiger partial charge in [-0.25, -0.2) is 4.98 Å². The van der Waals surface area contributed by atoms with Crippen molar-refractivity contribution >= 4 is 16.9 Å². The molecule has 0 aromatic carbocycles. The van der Waals surface area contributed by atoms with E-state index in [1.807, 2.05) is 25.3 Å². The van der Waals surface area contributed by atoms with Crippen molar-refractivity contribution in [1.82, 2.24) is 4.98 Å². The van der Waals surface area contributed by atoms with E-state index in [-0.39, 0.29) is 0 Å². The van der Waals surface area contributed by atoms with Crippen LogP contribution >= 0.6 is 11.3 Å². The van der Waals surface area contributed by atoms with Crippen LogP contribution in [0, 0.1) is 11.3 Å². The minimum atomic E-state index is 0.418. The Balaban J connectivity index is 2.86. The summed E-state index contributed by atoms with van der Waals surface area (Å²) in [7, 11) is 0. The minimum Gasteiger partial charge on any atom is -0.240 e. The summed E-state index contributed by atoms with van der Waals surface area (Å²) in [6.45, 7) is 4.00. The number of thiazole rings is 1. The maximum absolute atomic E-state index is 8.43. The van der Waals surface area contributed by atoms with E-state index in [2.05, 4.69) is 11.1 Å². The van der Waals surface area contributed by atoms with Gasteiger partial charge in [0, 0.05) is 5.38 Å². The smallest absolute Gasteiger partial charge is 0.107 e. The number of nitriles is 1. The number of allylic oxidation sites excluding steroid dienone is 2. The Kier molecular flexibility index (Phi) is 3.01. The van der Waals surface area contributed by atoms with Crippen molar-refractivity contribution in [1.29, 1.82) is 5.26 Å². The van der Waals surface area contributed by atoms with Gasteiger partial charge in [0.05, 0.1) is 18.2 Å². The summed E-state index contributed by atoms with van der Waals surface area (Å²) < 4.78 is 0. The van der Waals surface area contributed by atoms with E-state index in [9.17, 15) is 0 Å². The molecule has 0 unspecified atom stereocenters. The molecule has 0 aliphatic heterocycles. The normalized spacial score (nSPS) is 11.2. The van der Waals surface area contributed by atoms with Crippen molar-refractivity contribution in [2.24, 2.45) is 0 Å². The van der Waals surface area contributed by atoms with E-state index in [4.69, 9.17) is 5.26 Å². The quantitative estimate of drug-likeness (QED) is 0.698. The highest BCUT2D eigenvalue weighted by Gasteiger charge is 2.01. The van der Waals surface area contributed by atoms with Crippen LogP contribution in [0.4, 0.5) is 0 Å². The molecule has 0 N–H and O–H groups in total. The molecule has 0 atom stereocenters. The van der Waals surface area contributed by atoms with Crippen LogP contribution in [0.3, 0.4) is 0 Å². The van der Waals surface area contributed by atoms with Crippen LogP contribution in [0.25, 0.3) is 5.57 Å². The summed E-state index contributed by atoms with van der Waals surface area (Å²) in [5, 5.41) is 11.3. The summed E-state index contributed by atoms with van der Waals surface area (Å²) in [4.78, 5) is 4.30. The average molecular weight is 178 g/mol. The molecule has 1 aromatic heterocycles. The Morgan fingerprint density at radius 1 is 1.83 bits per heavy atom. The fraction of sp³-hybridized carbons (Fsp3) is 0.333. The molecule has 0 fully saturated rings. The van der Waals surface area contributed by atoms with E-state index in [0.717, 1.165) is 16.3 Å². The largest absolute Gasteiger partial charge is 0.240 e. The average Bonchev–Trinajstić information content (AvgIpc) is 2.52. The third-order valence-corrected chi connectivity index (χ3v) is 2.47. The van der Waals surface area contributed by atoms with Gasteiger partial charge in [0.15, 0.2) is 0 Å². The van der Waals surface area contributed by atoms with Gasteiger partial charge >= 0.3 is 0 Å². The molecule has 62 valence electrons. The second kappa shape index (κ2) is 4.03. The van der Waals surface area contributed by atoms with Crippen molar-refractivity contribution in [3.8, 4) is 6.07 Å². The molecule has 0 aliphatic rings. The van der Waals surface area contributed by atoms with Crippen molar-refractivity contribution in [3.05, 3.63) is 22.2 Å². The van der Waals surface area contributed by atoms with Gasteiger partial charge in [-0.3, -0.25) is 0 Å². The Hall–Kier alpha value is -1.14. The molecule has 2 nitrogen and oxygen atoms in total. The fourth-order valence-electron chi connectivity index (χ4n) is 0.789. The zero-order valence-corrected chi connectivity index (χ0v) is 7.98. The van der Waals surface area contributed by atoms with Gasteiger partial charge in [0.25, 0.3) is 0 Å². The number of rotatable bonds is 2. The molecule has 0 saturated carbocycles. The Morgan fingerprint density at radius 2 is 2.58 bits per heavy atom. The van der Waals surface area contributed by atoms with Crippen molar-refractivity contribution in [3.63, 3.8) is 0 Å². The van der Waals surface area contributed by atoms with Gasteiger partial charge in [-0.05, 0) is 19.4 Å². The van der Waals surface area contributed by atoms with Crippen LogP contribution in [0.15, 0.2) is 11.5 Å². The number of hydrogen-bond acceptors (Lipinski definition) is 3. The topological polar surface area (TPSA) is 36.7 Å². The molecule has 12 heavy (non-hydrogen) atoms. The lowest BCUT2D eigenvalue weighted by atomic mass is 10.2. The molecule has 1 aromatic rings. The summed E-state index contributed by atoms with van der Waals surface area (Å²) in [5.74, 6) is 0. The molecular weight excluding hydrogens is 168 g/mol. The van der Waals surface area contributed by atoms with Gasteiger partial charge < -0.3 is 0 Å². The van der Waals surface area contributed by atoms with Crippen molar-refractivity contribution in [2.45, 2.75) is 20.3 Å². The van der Waals surface area contributed by atoms with E-state index >= 15 is 0 Å². The maximum atomic E-state index is 8.43. The third kappa shape index (κ3) is 1.93. The minimum absolute atomic E-state index is 0.418. The molecule has 0 spiro atoms. The molecular formula is C9H10N2S. The highest BCUT2D eigenvalue weighted by atomic mass is 32.1. The van der Waals surface area contributed by atoms with Crippen molar-refractivity contribution in [2.75, 3.05) is 0 Å². The van der Waals surface area contributed by atoms with Gasteiger partial charge in [0.2, 0.25) is 0 Å². The van der Waals surface area contributed by atoms with Crippen LogP contribution in [-0.4, -0.2) is 4.98 Å². The second-order valence-corrected chi connectivity index (χ2v) is 3.38. The molecule has 0 saturated heterocycles. The molecule has 0 amide bonds. The highest BCUT2D eigenvalue weighted by molar-refractivity contribution is 7.09. The maximum Gasteiger partial charge on any atom is 0.107 e. The van der Waals surface area contributed by atoms with Crippen LogP contribution in [0.5, 0.6) is 0 Å². The standard InChI is InChI=1S/C9H10N2S/c1-3-7(2)8-6-12-9(11-8)4-5-10/h3,6H,4H2,1-2H3/b7-3+. The zero-order valence-electron chi connectivity index (χ0n) is 7.16. The highest BCUT2D eigenvalue weighted by Crippen LogP contribution is 2.17. The van der Waals surface area contributed by atoms with Crippen LogP contribution in [0.1, 0.15) is 24.5 Å². The first-order valence-electron chi connectivity index (χ1n) is 3.72. The molecule has 1 heterocycles. The fourth-order valence-corrected chi connectivity index (χ4v) is 1.57. The van der Waals surface area contributed by atoms with E-state index in [0.29, 0.717) is 6.42 Å². The van der Waals surface area contributed by atoms with Crippen LogP contribution in [0.2, 0.25) is 0 Å². The Bertz CT molecular complexity index is 331. The van der Waals surface area contributed by atoms with Gasteiger partial charge in [-0.1, -0.05) is 6.08 Å². The Labute approximate surface area is 76.2 Å². The number of nitrogens with zero attached hydrogens (tertiary/aromatic N) is 2. The Morgan fingerprint density at radius 3 is 3.17 bits per heavy atom. The summed E-state index contributed by atoms with van der Waals surface area (Å²) in [5.41, 5.74) is 2.16. The lowest BCUT2D eigenvalue weighted by Crippen LogP contribution is -1.82. The summed E-state index contributed by atoms with van der Waals surface area (Å²) in [6, 6.07) is 2.08. The van der Waals surface area contributed by atoms with Crippen LogP contribution in [-0.2, 0) is 6.42 Å². The predicted molar refractivity (Wildman–Crippen MR) is 50.8 cm³/mol. The molecule has 1 rings (SSSR count). The zero-order chi connectivity index (χ0) is 8.97. The molecule has 3 heteroatoms.